The van der Waals surface area contributed by atoms with E-state index in [2.05, 4.69) is 10.6 Å². The predicted molar refractivity (Wildman–Crippen MR) is 112 cm³/mol. The van der Waals surface area contributed by atoms with Crippen molar-refractivity contribution in [3.05, 3.63) is 59.7 Å². The second kappa shape index (κ2) is 9.26. The molecule has 0 aliphatic heterocycles. The molecular formula is C22H29N3O3. The molecule has 3 amide bonds. The number of carbonyl (C=O) groups is 2. The van der Waals surface area contributed by atoms with Crippen LogP contribution in [0.3, 0.4) is 0 Å². The molecule has 0 fully saturated rings. The zero-order valence-electron chi connectivity index (χ0n) is 17.2. The van der Waals surface area contributed by atoms with Gasteiger partial charge in [0.15, 0.2) is 0 Å². The van der Waals surface area contributed by atoms with Gasteiger partial charge in [-0.1, -0.05) is 24.3 Å². The number of hydrogen-bond acceptors (Lipinski definition) is 3. The molecule has 0 saturated carbocycles. The van der Waals surface area contributed by atoms with Crippen molar-refractivity contribution in [2.75, 3.05) is 25.5 Å². The molecule has 0 aliphatic rings. The summed E-state index contributed by atoms with van der Waals surface area (Å²) in [7, 11) is 1.70. The molecule has 150 valence electrons. The zero-order chi connectivity index (χ0) is 20.7. The number of rotatable bonds is 6. The largest absolute Gasteiger partial charge is 0.491 e. The van der Waals surface area contributed by atoms with Gasteiger partial charge >= 0.3 is 6.03 Å². The summed E-state index contributed by atoms with van der Waals surface area (Å²) in [5.41, 5.74) is 1.80. The Kier molecular flexibility index (Phi) is 7.04. The molecule has 0 atom stereocenters. The molecule has 6 heteroatoms. The summed E-state index contributed by atoms with van der Waals surface area (Å²) < 4.78 is 5.73. The van der Waals surface area contributed by atoms with Crippen LogP contribution in [0.4, 0.5) is 10.5 Å². The highest BCUT2D eigenvalue weighted by Crippen LogP contribution is 2.16. The van der Waals surface area contributed by atoms with Gasteiger partial charge in [0.2, 0.25) is 0 Å². The van der Waals surface area contributed by atoms with Crippen LogP contribution in [-0.2, 0) is 0 Å². The maximum absolute atomic E-state index is 12.4. The molecule has 0 unspecified atom stereocenters. The van der Waals surface area contributed by atoms with Crippen LogP contribution in [-0.4, -0.2) is 42.6 Å². The lowest BCUT2D eigenvalue weighted by Gasteiger charge is -2.21. The molecule has 2 rings (SSSR count). The highest BCUT2D eigenvalue weighted by molar-refractivity contribution is 5.97. The van der Waals surface area contributed by atoms with E-state index in [1.54, 1.807) is 36.2 Å². The first kappa shape index (κ1) is 21.3. The van der Waals surface area contributed by atoms with Gasteiger partial charge in [-0.15, -0.1) is 0 Å². The van der Waals surface area contributed by atoms with E-state index in [1.807, 2.05) is 52.0 Å². The predicted octanol–water partition coefficient (Wildman–Crippen LogP) is 4.07. The summed E-state index contributed by atoms with van der Waals surface area (Å²) in [5, 5.41) is 5.72. The van der Waals surface area contributed by atoms with Crippen LogP contribution < -0.4 is 15.4 Å². The molecule has 2 aromatic carbocycles. The number of nitrogens with zero attached hydrogens (tertiary/aromatic N) is 1. The number of carbonyl (C=O) groups excluding carboxylic acids is 2. The maximum atomic E-state index is 12.4. The molecule has 28 heavy (non-hydrogen) atoms. The Balaban J connectivity index is 1.88. The van der Waals surface area contributed by atoms with Crippen LogP contribution in [0, 0.1) is 6.92 Å². The summed E-state index contributed by atoms with van der Waals surface area (Å²) in [4.78, 5) is 26.2. The molecule has 0 saturated heterocycles. The molecule has 0 radical (unpaired) electrons. The molecule has 0 aliphatic carbocycles. The minimum Gasteiger partial charge on any atom is -0.491 e. The summed E-state index contributed by atoms with van der Waals surface area (Å²) >= 11 is 0. The van der Waals surface area contributed by atoms with Gasteiger partial charge in [-0.2, -0.15) is 0 Å². The molecular weight excluding hydrogens is 354 g/mol. The Bertz CT molecular complexity index is 828. The smallest absolute Gasteiger partial charge is 0.321 e. The monoisotopic (exact) mass is 383 g/mol. The second-order valence-electron chi connectivity index (χ2n) is 7.75. The van der Waals surface area contributed by atoms with Crippen LogP contribution in [0.15, 0.2) is 48.5 Å². The molecule has 0 spiro atoms. The number of amides is 3. The fourth-order valence-corrected chi connectivity index (χ4v) is 2.48. The van der Waals surface area contributed by atoms with E-state index in [1.165, 1.54) is 0 Å². The number of anilines is 1. The maximum Gasteiger partial charge on any atom is 0.321 e. The highest BCUT2D eigenvalue weighted by atomic mass is 16.5. The van der Waals surface area contributed by atoms with Gasteiger partial charge in [0.25, 0.3) is 5.91 Å². The topological polar surface area (TPSA) is 70.7 Å². The van der Waals surface area contributed by atoms with E-state index in [0.29, 0.717) is 24.4 Å². The minimum atomic E-state index is -0.326. The van der Waals surface area contributed by atoms with Crippen LogP contribution in [0.5, 0.6) is 5.75 Å². The number of nitrogens with one attached hydrogen (secondary N) is 2. The summed E-state index contributed by atoms with van der Waals surface area (Å²) in [6, 6.07) is 14.4. The van der Waals surface area contributed by atoms with Crippen molar-refractivity contribution in [1.82, 2.24) is 10.2 Å². The Labute approximate surface area is 166 Å². The SMILES string of the molecule is Cc1ccccc1OCCN(C)C(=O)Nc1cccc(C(=O)NC(C)(C)C)c1. The van der Waals surface area contributed by atoms with Gasteiger partial charge in [-0.3, -0.25) is 4.79 Å². The number of likely N-dealkylation sites (N-methyl/N-ethyl adjacent to an activating group) is 1. The lowest BCUT2D eigenvalue weighted by molar-refractivity contribution is 0.0919. The molecule has 2 aromatic rings. The van der Waals surface area contributed by atoms with Crippen LogP contribution >= 0.6 is 0 Å². The van der Waals surface area contributed by atoms with E-state index in [0.717, 1.165) is 11.3 Å². The first-order valence-electron chi connectivity index (χ1n) is 9.29. The van der Waals surface area contributed by atoms with Gasteiger partial charge in [-0.25, -0.2) is 4.79 Å². The van der Waals surface area contributed by atoms with E-state index in [4.69, 9.17) is 4.74 Å². The van der Waals surface area contributed by atoms with Crippen molar-refractivity contribution in [3.63, 3.8) is 0 Å². The zero-order valence-corrected chi connectivity index (χ0v) is 17.2. The number of benzene rings is 2. The van der Waals surface area contributed by atoms with Crippen molar-refractivity contribution in [3.8, 4) is 5.75 Å². The number of urea groups is 1. The summed E-state index contributed by atoms with van der Waals surface area (Å²) in [6.07, 6.45) is 0. The number of para-hydroxylation sites is 1. The average Bonchev–Trinajstić information content (AvgIpc) is 2.62. The van der Waals surface area contributed by atoms with Crippen molar-refractivity contribution >= 4 is 17.6 Å². The standard InChI is InChI=1S/C22H29N3O3/c1-16-9-6-7-12-19(16)28-14-13-25(5)21(27)23-18-11-8-10-17(15-18)20(26)24-22(2,3)4/h6-12,15H,13-14H2,1-5H3,(H,23,27)(H,24,26). The second-order valence-corrected chi connectivity index (χ2v) is 7.75. The lowest BCUT2D eigenvalue weighted by Crippen LogP contribution is -2.40. The van der Waals surface area contributed by atoms with Crippen LogP contribution in [0.1, 0.15) is 36.7 Å². The Hall–Kier alpha value is -3.02. The third kappa shape index (κ3) is 6.61. The Morgan fingerprint density at radius 2 is 1.79 bits per heavy atom. The number of ether oxygens (including phenoxy) is 1. The van der Waals surface area contributed by atoms with Gasteiger partial charge in [-0.05, 0) is 57.5 Å². The van der Waals surface area contributed by atoms with Crippen LogP contribution in [0.2, 0.25) is 0 Å². The number of aryl methyl sites for hydroxylation is 1. The van der Waals surface area contributed by atoms with E-state index in [-0.39, 0.29) is 17.5 Å². The molecule has 0 aromatic heterocycles. The van der Waals surface area contributed by atoms with Gasteiger partial charge < -0.3 is 20.3 Å². The average molecular weight is 383 g/mol. The third-order valence-corrected chi connectivity index (χ3v) is 3.99. The van der Waals surface area contributed by atoms with E-state index < -0.39 is 0 Å². The van der Waals surface area contributed by atoms with Gasteiger partial charge in [0.1, 0.15) is 12.4 Å². The minimum absolute atomic E-state index is 0.177. The molecule has 6 nitrogen and oxygen atoms in total. The third-order valence-electron chi connectivity index (χ3n) is 3.99. The lowest BCUT2D eigenvalue weighted by atomic mass is 10.1. The number of hydrogen-bond donors (Lipinski definition) is 2. The first-order valence-corrected chi connectivity index (χ1v) is 9.29. The normalized spacial score (nSPS) is 10.9. The fraction of sp³-hybridized carbons (Fsp3) is 0.364. The van der Waals surface area contributed by atoms with Crippen molar-refractivity contribution < 1.29 is 14.3 Å². The first-order chi connectivity index (χ1) is 13.2. The Morgan fingerprint density at radius 1 is 1.07 bits per heavy atom. The van der Waals surface area contributed by atoms with Crippen LogP contribution in [0.25, 0.3) is 0 Å². The molecule has 0 bridgehead atoms. The molecule has 2 N–H and O–H groups in total. The Morgan fingerprint density at radius 3 is 2.46 bits per heavy atom. The van der Waals surface area contributed by atoms with Gasteiger partial charge in [0.05, 0.1) is 6.54 Å². The molecule has 0 heterocycles. The highest BCUT2D eigenvalue weighted by Gasteiger charge is 2.16. The van der Waals surface area contributed by atoms with Crippen molar-refractivity contribution in [2.24, 2.45) is 0 Å². The fourth-order valence-electron chi connectivity index (χ4n) is 2.48. The van der Waals surface area contributed by atoms with E-state index >= 15 is 0 Å². The van der Waals surface area contributed by atoms with E-state index in [9.17, 15) is 9.59 Å². The van der Waals surface area contributed by atoms with Gasteiger partial charge in [0, 0.05) is 23.8 Å². The van der Waals surface area contributed by atoms with Crippen molar-refractivity contribution in [1.29, 1.82) is 0 Å². The quantitative estimate of drug-likeness (QED) is 0.790. The van der Waals surface area contributed by atoms with Crippen molar-refractivity contribution in [2.45, 2.75) is 33.2 Å². The summed E-state index contributed by atoms with van der Waals surface area (Å²) in [6.45, 7) is 8.57. The summed E-state index contributed by atoms with van der Waals surface area (Å²) in [5.74, 6) is 0.637.